The summed E-state index contributed by atoms with van der Waals surface area (Å²) in [4.78, 5) is 13.8. The van der Waals surface area contributed by atoms with Gasteiger partial charge in [-0.15, -0.1) is 9.97 Å². The van der Waals surface area contributed by atoms with E-state index in [0.29, 0.717) is 10.8 Å². The summed E-state index contributed by atoms with van der Waals surface area (Å²) in [7, 11) is -0.250. The third-order valence-electron chi connectivity index (χ3n) is 1.93. The number of nitrogens with zero attached hydrogens (tertiary/aromatic N) is 4. The smallest absolute Gasteiger partial charge is 0.857 e. The van der Waals surface area contributed by atoms with E-state index in [0.717, 1.165) is 12.7 Å². The maximum atomic E-state index is 9.96. The molecule has 0 bridgehead atoms. The Morgan fingerprint density at radius 1 is 1.13 bits per heavy atom. The van der Waals surface area contributed by atoms with Crippen molar-refractivity contribution in [3.63, 3.8) is 0 Å². The van der Waals surface area contributed by atoms with E-state index in [1.54, 1.807) is 24.5 Å². The molecule has 116 valence electrons. The molecule has 0 unspecified atom stereocenters. The van der Waals surface area contributed by atoms with Crippen LogP contribution in [0.3, 0.4) is 0 Å². The second kappa shape index (κ2) is 18.5. The molecule has 2 aromatic rings. The first-order chi connectivity index (χ1) is 11.1. The van der Waals surface area contributed by atoms with Crippen LogP contribution >= 0.6 is 11.6 Å². The van der Waals surface area contributed by atoms with Gasteiger partial charge in [0.15, 0.2) is 0 Å². The van der Waals surface area contributed by atoms with Crippen LogP contribution in [0.1, 0.15) is 6.93 Å². The summed E-state index contributed by atoms with van der Waals surface area (Å²) < 4.78 is 15.5. The number of hydrogen-bond donors (Lipinski definition) is 0. The van der Waals surface area contributed by atoms with Crippen molar-refractivity contribution in [3.05, 3.63) is 70.1 Å². The van der Waals surface area contributed by atoms with Gasteiger partial charge >= 0.3 is 29.6 Å². The normalized spacial score (nSPS) is 7.70. The number of aryl methyl sites for hydroxylation is 1. The van der Waals surface area contributed by atoms with E-state index in [-0.39, 0.29) is 35.4 Å². The zero-order chi connectivity index (χ0) is 18.1. The van der Waals surface area contributed by atoms with Crippen molar-refractivity contribution in [1.82, 2.24) is 9.97 Å². The average molecular weight is 346 g/mol. The monoisotopic (exact) mass is 345 g/mol. The molecule has 0 aromatic carbocycles. The van der Waals surface area contributed by atoms with Gasteiger partial charge in [-0.2, -0.15) is 7.11 Å². The molecule has 0 fully saturated rings. The van der Waals surface area contributed by atoms with Gasteiger partial charge in [-0.3, -0.25) is 4.39 Å². The first kappa shape index (κ1) is 23.7. The summed E-state index contributed by atoms with van der Waals surface area (Å²) in [5, 5.41) is 8.66. The Morgan fingerprint density at radius 3 is 1.87 bits per heavy atom. The number of hydrogen-bond acceptors (Lipinski definition) is 3. The Morgan fingerprint density at radius 2 is 1.57 bits per heavy atom. The molecule has 0 saturated carbocycles. The van der Waals surface area contributed by atoms with E-state index in [1.807, 2.05) is 19.1 Å². The number of alkyl halides is 1. The summed E-state index contributed by atoms with van der Waals surface area (Å²) >= 11 is 5.55. The first-order valence-electron chi connectivity index (χ1n) is 6.34. The molecule has 0 spiro atoms. The number of aromatic nitrogens is 2. The van der Waals surface area contributed by atoms with Gasteiger partial charge in [0.05, 0.1) is 13.5 Å². The Labute approximate surface area is 164 Å². The summed E-state index contributed by atoms with van der Waals surface area (Å²) in [5.41, 5.74) is 0.938. The first-order valence-corrected chi connectivity index (χ1v) is 6.01. The van der Waals surface area contributed by atoms with E-state index in [9.17, 15) is 4.39 Å². The van der Waals surface area contributed by atoms with E-state index >= 15 is 0 Å². The molecule has 2 aromatic heterocycles. The summed E-state index contributed by atoms with van der Waals surface area (Å²) in [6, 6.07) is 7.03. The minimum absolute atomic E-state index is 0. The standard InChI is InChI=1S/C7H6N2.C6H3ClN2.CH3F.CH3O.Na/c1-6-4-3-5-9-7(6)8-2;1-8-6-5(7)3-2-4-9-6;2*1-2;/h3-5H,1H3;2-4H;2*1H3;/q;;;-1;+1/i;;1D;;. The predicted molar refractivity (Wildman–Crippen MR) is 83.7 cm³/mol. The van der Waals surface area contributed by atoms with Crippen LogP contribution in [0.2, 0.25) is 5.02 Å². The minimum Gasteiger partial charge on any atom is -0.857 e. The van der Waals surface area contributed by atoms with Crippen molar-refractivity contribution in [3.8, 4) is 0 Å². The van der Waals surface area contributed by atoms with Crippen molar-refractivity contribution in [2.45, 2.75) is 6.92 Å². The number of halogens is 2. The largest absolute Gasteiger partial charge is 1.00 e. The maximum absolute atomic E-state index is 9.96. The van der Waals surface area contributed by atoms with Gasteiger partial charge in [-0.25, -0.2) is 0 Å². The average Bonchev–Trinajstić information content (AvgIpc) is 2.59. The fourth-order valence-electron chi connectivity index (χ4n) is 1.05. The van der Waals surface area contributed by atoms with Crippen LogP contribution in [0.4, 0.5) is 16.0 Å². The van der Waals surface area contributed by atoms with E-state index < -0.39 is 7.15 Å². The van der Waals surface area contributed by atoms with Gasteiger partial charge in [0.25, 0.3) is 11.6 Å². The third-order valence-corrected chi connectivity index (χ3v) is 2.23. The predicted octanol–water partition coefficient (Wildman–Crippen LogP) is 0.793. The molecule has 0 aliphatic heterocycles. The Hall–Kier alpha value is -1.54. The molecule has 0 aliphatic rings. The van der Waals surface area contributed by atoms with Gasteiger partial charge in [0.2, 0.25) is 0 Å². The van der Waals surface area contributed by atoms with Crippen LogP contribution in [0, 0.1) is 20.1 Å². The Kier molecular flexibility index (Phi) is 19.1. The van der Waals surface area contributed by atoms with Crippen molar-refractivity contribution in [1.29, 1.82) is 0 Å². The minimum atomic E-state index is -1.00. The zero-order valence-corrected chi connectivity index (χ0v) is 15.9. The molecule has 8 heteroatoms. The van der Waals surface area contributed by atoms with Crippen molar-refractivity contribution in [2.24, 2.45) is 0 Å². The van der Waals surface area contributed by atoms with E-state index in [1.165, 1.54) is 0 Å². The summed E-state index contributed by atoms with van der Waals surface area (Å²) in [5.74, 6) is 0.761. The fraction of sp³-hybridized carbons (Fsp3) is 0.200. The van der Waals surface area contributed by atoms with Crippen LogP contribution in [0.15, 0.2) is 36.7 Å². The SMILES string of the molecule is C[O-].[2H]CF.[C-]#[N+]c1ncccc1C.[C-]#[N+]c1ncccc1Cl.[Na+]. The van der Waals surface area contributed by atoms with Gasteiger partial charge in [0.1, 0.15) is 12.4 Å². The molecule has 0 amide bonds. The van der Waals surface area contributed by atoms with Gasteiger partial charge in [-0.05, 0) is 30.7 Å². The molecule has 0 atom stereocenters. The second-order valence-electron chi connectivity index (χ2n) is 3.18. The molecule has 0 radical (unpaired) electrons. The fourth-order valence-corrected chi connectivity index (χ4v) is 1.22. The molecule has 0 saturated heterocycles. The molecular formula is C15H15ClFN4NaO. The van der Waals surface area contributed by atoms with Gasteiger partial charge < -0.3 is 14.8 Å². The van der Waals surface area contributed by atoms with Crippen LogP contribution in [-0.2, 0) is 0 Å². The zero-order valence-electron chi connectivity index (χ0n) is 14.1. The molecule has 0 aliphatic carbocycles. The maximum Gasteiger partial charge on any atom is 1.00 e. The molecular weight excluding hydrogens is 330 g/mol. The number of rotatable bonds is 0. The van der Waals surface area contributed by atoms with E-state index in [2.05, 4.69) is 19.7 Å². The van der Waals surface area contributed by atoms with Crippen molar-refractivity contribution >= 4 is 23.2 Å². The van der Waals surface area contributed by atoms with E-state index in [4.69, 9.17) is 31.2 Å². The van der Waals surface area contributed by atoms with Crippen LogP contribution in [0.5, 0.6) is 0 Å². The van der Waals surface area contributed by atoms with Crippen LogP contribution in [0.25, 0.3) is 9.69 Å². The van der Waals surface area contributed by atoms with Gasteiger partial charge in [0, 0.05) is 0 Å². The Balaban J connectivity index is -0.000000282. The van der Waals surface area contributed by atoms with Crippen LogP contribution < -0.4 is 34.7 Å². The Bertz CT molecular complexity index is 594. The topological polar surface area (TPSA) is 57.6 Å². The summed E-state index contributed by atoms with van der Waals surface area (Å²) in [6.07, 6.45) is 3.17. The van der Waals surface area contributed by atoms with Gasteiger partial charge in [-0.1, -0.05) is 30.8 Å². The molecule has 0 N–H and O–H groups in total. The van der Waals surface area contributed by atoms with Crippen molar-refractivity contribution in [2.75, 3.05) is 14.3 Å². The summed E-state index contributed by atoms with van der Waals surface area (Å²) in [6.45, 7) is 15.1. The van der Waals surface area contributed by atoms with Crippen molar-refractivity contribution < 1.29 is 40.4 Å². The third kappa shape index (κ3) is 11.7. The molecule has 2 rings (SSSR count). The molecule has 2 heterocycles. The quantitative estimate of drug-likeness (QED) is 0.524. The van der Waals surface area contributed by atoms with Crippen LogP contribution in [-0.4, -0.2) is 24.2 Å². The molecule has 23 heavy (non-hydrogen) atoms. The molecule has 5 nitrogen and oxygen atoms in total. The number of pyridine rings is 2. The second-order valence-corrected chi connectivity index (χ2v) is 3.58.